The molecule has 0 aromatic rings. The average Bonchev–Trinajstić information content (AvgIpc) is 2.12. The first-order valence-corrected chi connectivity index (χ1v) is 6.74. The molecule has 0 heterocycles. The van der Waals surface area contributed by atoms with E-state index in [4.69, 9.17) is 11.5 Å². The van der Waals surface area contributed by atoms with Gasteiger partial charge in [0.2, 0.25) is 0 Å². The second-order valence-corrected chi connectivity index (χ2v) is 6.03. The van der Waals surface area contributed by atoms with Crippen LogP contribution in [0.1, 0.15) is 47.0 Å². The normalized spacial score (nSPS) is 24.9. The van der Waals surface area contributed by atoms with E-state index in [2.05, 4.69) is 0 Å². The van der Waals surface area contributed by atoms with Gasteiger partial charge in [-0.1, -0.05) is 0 Å². The summed E-state index contributed by atoms with van der Waals surface area (Å²) in [6, 6.07) is 0. The molecule has 0 rings (SSSR count). The first-order valence-electron chi connectivity index (χ1n) is 6.74. The Bertz CT molecular complexity index is 259. The van der Waals surface area contributed by atoms with E-state index in [1.165, 1.54) is 6.92 Å². The SMILES string of the molecule is CC(O)CC(N)(CC(C)O)C(N)(CC(C)O)C(C)O. The molecule has 0 radical (unpaired) electrons. The summed E-state index contributed by atoms with van der Waals surface area (Å²) in [6.07, 6.45) is -2.83. The molecule has 8 N–H and O–H groups in total. The van der Waals surface area contributed by atoms with Crippen molar-refractivity contribution >= 4 is 0 Å². The summed E-state index contributed by atoms with van der Waals surface area (Å²) in [5, 5.41) is 38.8. The molecule has 5 atom stereocenters. The van der Waals surface area contributed by atoms with Crippen LogP contribution in [-0.2, 0) is 0 Å². The quantitative estimate of drug-likeness (QED) is 0.340. The first-order chi connectivity index (χ1) is 8.44. The smallest absolute Gasteiger partial charge is 0.0710 e. The van der Waals surface area contributed by atoms with E-state index in [9.17, 15) is 20.4 Å². The summed E-state index contributed by atoms with van der Waals surface area (Å²) >= 11 is 0. The van der Waals surface area contributed by atoms with Gasteiger partial charge >= 0.3 is 0 Å². The summed E-state index contributed by atoms with van der Waals surface area (Å²) in [5.74, 6) is 0. The molecular formula is C13H30N2O4. The standard InChI is InChI=1S/C13H30N2O4/c1-8(16)5-12(14,6-9(2)17)13(15,11(4)19)7-10(3)18/h8-11,16-19H,5-7,14-15H2,1-4H3. The Morgan fingerprint density at radius 1 is 0.737 bits per heavy atom. The number of nitrogens with two attached hydrogens (primary N) is 2. The van der Waals surface area contributed by atoms with Gasteiger partial charge in [-0.25, -0.2) is 0 Å². The maximum atomic E-state index is 10.0. The summed E-state index contributed by atoms with van der Waals surface area (Å²) in [5.41, 5.74) is 10.1. The molecule has 0 saturated carbocycles. The Kier molecular flexibility index (Phi) is 6.88. The topological polar surface area (TPSA) is 133 Å². The highest BCUT2D eigenvalue weighted by Gasteiger charge is 2.50. The number of hydrogen-bond donors (Lipinski definition) is 6. The molecule has 5 unspecified atom stereocenters. The zero-order valence-electron chi connectivity index (χ0n) is 12.4. The minimum Gasteiger partial charge on any atom is -0.393 e. The van der Waals surface area contributed by atoms with Gasteiger partial charge in [0.1, 0.15) is 0 Å². The van der Waals surface area contributed by atoms with Crippen LogP contribution in [0.2, 0.25) is 0 Å². The lowest BCUT2D eigenvalue weighted by atomic mass is 9.66. The lowest BCUT2D eigenvalue weighted by molar-refractivity contribution is -0.0247. The highest BCUT2D eigenvalue weighted by Crippen LogP contribution is 2.34. The molecule has 0 spiro atoms. The van der Waals surface area contributed by atoms with Crippen molar-refractivity contribution in [3.63, 3.8) is 0 Å². The first kappa shape index (κ1) is 18.8. The van der Waals surface area contributed by atoms with Gasteiger partial charge in [-0.3, -0.25) is 0 Å². The molecule has 6 heteroatoms. The largest absolute Gasteiger partial charge is 0.393 e. The molecule has 0 amide bonds. The fourth-order valence-corrected chi connectivity index (χ4v) is 2.80. The van der Waals surface area contributed by atoms with E-state index in [0.717, 1.165) is 0 Å². The maximum Gasteiger partial charge on any atom is 0.0710 e. The highest BCUT2D eigenvalue weighted by atomic mass is 16.3. The van der Waals surface area contributed by atoms with Crippen molar-refractivity contribution < 1.29 is 20.4 Å². The van der Waals surface area contributed by atoms with E-state index in [-0.39, 0.29) is 19.3 Å². The van der Waals surface area contributed by atoms with E-state index in [1.807, 2.05) is 0 Å². The molecule has 0 aromatic heterocycles. The monoisotopic (exact) mass is 278 g/mol. The van der Waals surface area contributed by atoms with Gasteiger partial charge in [0.25, 0.3) is 0 Å². The number of hydrogen-bond acceptors (Lipinski definition) is 6. The van der Waals surface area contributed by atoms with Crippen molar-refractivity contribution in [2.75, 3.05) is 0 Å². The van der Waals surface area contributed by atoms with E-state index in [0.29, 0.717) is 0 Å². The van der Waals surface area contributed by atoms with Crippen molar-refractivity contribution in [1.82, 2.24) is 0 Å². The zero-order valence-corrected chi connectivity index (χ0v) is 12.4. The van der Waals surface area contributed by atoms with Crippen LogP contribution in [0.3, 0.4) is 0 Å². The second kappa shape index (κ2) is 6.97. The lowest BCUT2D eigenvalue weighted by Gasteiger charge is -2.50. The van der Waals surface area contributed by atoms with Crippen LogP contribution >= 0.6 is 0 Å². The van der Waals surface area contributed by atoms with Crippen LogP contribution in [-0.4, -0.2) is 55.9 Å². The zero-order chi connectivity index (χ0) is 15.4. The van der Waals surface area contributed by atoms with Gasteiger partial charge in [0, 0.05) is 5.54 Å². The fraction of sp³-hybridized carbons (Fsp3) is 1.00. The van der Waals surface area contributed by atoms with Crippen molar-refractivity contribution in [2.45, 2.75) is 82.5 Å². The Morgan fingerprint density at radius 3 is 1.26 bits per heavy atom. The minimum atomic E-state index is -1.30. The summed E-state index contributed by atoms with van der Waals surface area (Å²) < 4.78 is 0. The Balaban J connectivity index is 5.47. The van der Waals surface area contributed by atoms with Crippen LogP contribution < -0.4 is 11.5 Å². The third kappa shape index (κ3) is 4.98. The highest BCUT2D eigenvalue weighted by molar-refractivity contribution is 5.11. The minimum absolute atomic E-state index is 0.0839. The van der Waals surface area contributed by atoms with Crippen molar-refractivity contribution in [3.8, 4) is 0 Å². The van der Waals surface area contributed by atoms with Crippen molar-refractivity contribution in [3.05, 3.63) is 0 Å². The Labute approximate surface area is 115 Å². The van der Waals surface area contributed by atoms with Crippen LogP contribution in [0.15, 0.2) is 0 Å². The molecule has 0 aromatic carbocycles. The van der Waals surface area contributed by atoms with Gasteiger partial charge in [-0.15, -0.1) is 0 Å². The second-order valence-electron chi connectivity index (χ2n) is 6.03. The average molecular weight is 278 g/mol. The van der Waals surface area contributed by atoms with Gasteiger partial charge < -0.3 is 31.9 Å². The van der Waals surface area contributed by atoms with E-state index >= 15 is 0 Å². The summed E-state index contributed by atoms with van der Waals surface area (Å²) in [6.45, 7) is 6.23. The van der Waals surface area contributed by atoms with Gasteiger partial charge in [-0.05, 0) is 47.0 Å². The molecule has 0 bridgehead atoms. The third-order valence-electron chi connectivity index (χ3n) is 3.62. The molecule has 0 saturated heterocycles. The van der Waals surface area contributed by atoms with Crippen molar-refractivity contribution in [1.29, 1.82) is 0 Å². The van der Waals surface area contributed by atoms with Crippen LogP contribution in [0, 0.1) is 0 Å². The summed E-state index contributed by atoms with van der Waals surface area (Å²) in [4.78, 5) is 0. The predicted octanol–water partition coefficient (Wildman–Crippen LogP) is -0.925. The van der Waals surface area contributed by atoms with E-state index in [1.54, 1.807) is 20.8 Å². The summed E-state index contributed by atoms with van der Waals surface area (Å²) in [7, 11) is 0. The molecule has 116 valence electrons. The fourth-order valence-electron chi connectivity index (χ4n) is 2.80. The number of aliphatic hydroxyl groups excluding tert-OH is 4. The molecule has 0 fully saturated rings. The molecule has 0 aliphatic heterocycles. The molecule has 6 nitrogen and oxygen atoms in total. The number of aliphatic hydroxyl groups is 4. The van der Waals surface area contributed by atoms with Crippen LogP contribution in [0.4, 0.5) is 0 Å². The maximum absolute atomic E-state index is 10.0. The Hall–Kier alpha value is -0.240. The van der Waals surface area contributed by atoms with Gasteiger partial charge in [0.05, 0.1) is 30.0 Å². The van der Waals surface area contributed by atoms with Crippen LogP contribution in [0.5, 0.6) is 0 Å². The molecule has 0 aliphatic carbocycles. The molecular weight excluding hydrogens is 248 g/mol. The Morgan fingerprint density at radius 2 is 1.05 bits per heavy atom. The van der Waals surface area contributed by atoms with Gasteiger partial charge in [-0.2, -0.15) is 0 Å². The van der Waals surface area contributed by atoms with Gasteiger partial charge in [0.15, 0.2) is 0 Å². The predicted molar refractivity (Wildman–Crippen MR) is 74.4 cm³/mol. The van der Waals surface area contributed by atoms with Crippen molar-refractivity contribution in [2.24, 2.45) is 11.5 Å². The molecule has 0 aliphatic rings. The lowest BCUT2D eigenvalue weighted by Crippen LogP contribution is -2.73. The van der Waals surface area contributed by atoms with Crippen LogP contribution in [0.25, 0.3) is 0 Å². The van der Waals surface area contributed by atoms with E-state index < -0.39 is 35.5 Å². The molecule has 19 heavy (non-hydrogen) atoms. The third-order valence-corrected chi connectivity index (χ3v) is 3.62. The number of rotatable bonds is 8.